The van der Waals surface area contributed by atoms with Crippen LogP contribution in [0, 0.1) is 0 Å². The predicted molar refractivity (Wildman–Crippen MR) is 96.2 cm³/mol. The molecule has 0 saturated carbocycles. The normalized spacial score (nSPS) is 10.3. The van der Waals surface area contributed by atoms with Crippen LogP contribution in [-0.2, 0) is 11.3 Å². The number of ether oxygens (including phenoxy) is 2. The van der Waals surface area contributed by atoms with E-state index in [1.165, 1.54) is 23.1 Å². The number of hydrogen-bond acceptors (Lipinski definition) is 8. The van der Waals surface area contributed by atoms with Gasteiger partial charge in [0.2, 0.25) is 11.0 Å². The van der Waals surface area contributed by atoms with Crippen LogP contribution in [-0.4, -0.2) is 42.6 Å². The molecule has 24 heavy (non-hydrogen) atoms. The zero-order chi connectivity index (χ0) is 17.4. The van der Waals surface area contributed by atoms with E-state index in [0.717, 1.165) is 21.6 Å². The Labute approximate surface area is 149 Å². The topological polar surface area (TPSA) is 85.4 Å². The molecule has 130 valence electrons. The van der Waals surface area contributed by atoms with Crippen molar-refractivity contribution in [3.8, 4) is 11.5 Å². The molecule has 2 aromatic rings. The van der Waals surface area contributed by atoms with Crippen molar-refractivity contribution in [3.63, 3.8) is 0 Å². The Kier molecular flexibility index (Phi) is 7.13. The van der Waals surface area contributed by atoms with Gasteiger partial charge < -0.3 is 20.1 Å². The second-order valence-corrected chi connectivity index (χ2v) is 6.86. The summed E-state index contributed by atoms with van der Waals surface area (Å²) >= 11 is 2.81. The second kappa shape index (κ2) is 9.33. The van der Waals surface area contributed by atoms with Crippen molar-refractivity contribution in [3.05, 3.63) is 23.8 Å². The SMILES string of the molecule is CCNc1nnc(SCC(=O)NCc2ccc(OC)c(OC)c2)s1. The molecule has 7 nitrogen and oxygen atoms in total. The number of nitrogens with one attached hydrogen (secondary N) is 2. The molecule has 1 amide bonds. The fourth-order valence-corrected chi connectivity index (χ4v) is 3.51. The zero-order valence-corrected chi connectivity index (χ0v) is 15.4. The van der Waals surface area contributed by atoms with Gasteiger partial charge in [0.15, 0.2) is 15.8 Å². The standard InChI is InChI=1S/C15H20N4O3S2/c1-4-16-14-18-19-15(24-14)23-9-13(20)17-8-10-5-6-11(21-2)12(7-10)22-3/h5-7H,4,8-9H2,1-3H3,(H,16,18)(H,17,20). The fourth-order valence-electron chi connectivity index (χ4n) is 1.86. The Balaban J connectivity index is 1.80. The molecule has 0 spiro atoms. The van der Waals surface area contributed by atoms with E-state index in [2.05, 4.69) is 20.8 Å². The van der Waals surface area contributed by atoms with Crippen molar-refractivity contribution in [2.24, 2.45) is 0 Å². The van der Waals surface area contributed by atoms with Crippen molar-refractivity contribution in [2.45, 2.75) is 17.8 Å². The van der Waals surface area contributed by atoms with Crippen LogP contribution in [0.1, 0.15) is 12.5 Å². The minimum Gasteiger partial charge on any atom is -0.493 e. The predicted octanol–water partition coefficient (Wildman–Crippen LogP) is 2.40. The van der Waals surface area contributed by atoms with Crippen molar-refractivity contribution in [2.75, 3.05) is 31.8 Å². The number of anilines is 1. The molecule has 0 bridgehead atoms. The lowest BCUT2D eigenvalue weighted by molar-refractivity contribution is -0.118. The molecule has 0 aliphatic heterocycles. The molecule has 0 unspecified atom stereocenters. The summed E-state index contributed by atoms with van der Waals surface area (Å²) in [7, 11) is 3.17. The maximum Gasteiger partial charge on any atom is 0.230 e. The lowest BCUT2D eigenvalue weighted by Crippen LogP contribution is -2.24. The lowest BCUT2D eigenvalue weighted by Gasteiger charge is -2.10. The quantitative estimate of drug-likeness (QED) is 0.657. The average Bonchev–Trinajstić information content (AvgIpc) is 3.05. The highest BCUT2D eigenvalue weighted by molar-refractivity contribution is 8.01. The summed E-state index contributed by atoms with van der Waals surface area (Å²) in [4.78, 5) is 12.0. The van der Waals surface area contributed by atoms with Crippen LogP contribution >= 0.6 is 23.1 Å². The van der Waals surface area contributed by atoms with Crippen LogP contribution in [0.15, 0.2) is 22.5 Å². The van der Waals surface area contributed by atoms with Gasteiger partial charge in [-0.05, 0) is 24.6 Å². The first-order chi connectivity index (χ1) is 11.7. The summed E-state index contributed by atoms with van der Waals surface area (Å²) in [6, 6.07) is 5.56. The molecule has 9 heteroatoms. The number of amides is 1. The number of hydrogen-bond donors (Lipinski definition) is 2. The van der Waals surface area contributed by atoms with E-state index in [-0.39, 0.29) is 5.91 Å². The van der Waals surface area contributed by atoms with Gasteiger partial charge >= 0.3 is 0 Å². The van der Waals surface area contributed by atoms with Gasteiger partial charge in [-0.15, -0.1) is 10.2 Å². The smallest absolute Gasteiger partial charge is 0.230 e. The summed E-state index contributed by atoms with van der Waals surface area (Å²) in [5.74, 6) is 1.54. The van der Waals surface area contributed by atoms with Gasteiger partial charge in [-0.3, -0.25) is 4.79 Å². The monoisotopic (exact) mass is 368 g/mol. The van der Waals surface area contributed by atoms with E-state index >= 15 is 0 Å². The Hall–Kier alpha value is -2.00. The third-order valence-electron chi connectivity index (χ3n) is 3.00. The molecule has 2 N–H and O–H groups in total. The second-order valence-electron chi connectivity index (χ2n) is 4.66. The third kappa shape index (κ3) is 5.27. The summed E-state index contributed by atoms with van der Waals surface area (Å²) in [6.45, 7) is 3.22. The van der Waals surface area contributed by atoms with E-state index in [0.29, 0.717) is 23.8 Å². The fraction of sp³-hybridized carbons (Fsp3) is 0.400. The first-order valence-electron chi connectivity index (χ1n) is 7.34. The van der Waals surface area contributed by atoms with E-state index in [1.807, 2.05) is 25.1 Å². The summed E-state index contributed by atoms with van der Waals surface area (Å²) in [5, 5.41) is 14.8. The Morgan fingerprint density at radius 3 is 2.75 bits per heavy atom. The van der Waals surface area contributed by atoms with Gasteiger partial charge in [0.1, 0.15) is 0 Å². The molecular weight excluding hydrogens is 348 g/mol. The van der Waals surface area contributed by atoms with Crippen LogP contribution < -0.4 is 20.1 Å². The van der Waals surface area contributed by atoms with Crippen LogP contribution in [0.5, 0.6) is 11.5 Å². The van der Waals surface area contributed by atoms with Crippen LogP contribution in [0.2, 0.25) is 0 Å². The molecule has 0 atom stereocenters. The molecule has 0 aliphatic rings. The number of methoxy groups -OCH3 is 2. The highest BCUT2D eigenvalue weighted by Crippen LogP contribution is 2.27. The number of rotatable bonds is 9. The lowest BCUT2D eigenvalue weighted by atomic mass is 10.2. The van der Waals surface area contributed by atoms with Crippen LogP contribution in [0.4, 0.5) is 5.13 Å². The van der Waals surface area contributed by atoms with Crippen molar-refractivity contribution < 1.29 is 14.3 Å². The van der Waals surface area contributed by atoms with Crippen molar-refractivity contribution in [1.82, 2.24) is 15.5 Å². The van der Waals surface area contributed by atoms with E-state index in [9.17, 15) is 4.79 Å². The largest absolute Gasteiger partial charge is 0.493 e. The zero-order valence-electron chi connectivity index (χ0n) is 13.8. The number of thioether (sulfide) groups is 1. The van der Waals surface area contributed by atoms with Crippen molar-refractivity contribution in [1.29, 1.82) is 0 Å². The van der Waals surface area contributed by atoms with Gasteiger partial charge in [0.25, 0.3) is 0 Å². The third-order valence-corrected chi connectivity index (χ3v) is 5.01. The number of aromatic nitrogens is 2. The van der Waals surface area contributed by atoms with Crippen LogP contribution in [0.25, 0.3) is 0 Å². The van der Waals surface area contributed by atoms with E-state index in [4.69, 9.17) is 9.47 Å². The molecule has 0 fully saturated rings. The Morgan fingerprint density at radius 1 is 1.25 bits per heavy atom. The van der Waals surface area contributed by atoms with Gasteiger partial charge in [0, 0.05) is 13.1 Å². The summed E-state index contributed by atoms with van der Waals surface area (Å²) in [6.07, 6.45) is 0. The highest BCUT2D eigenvalue weighted by atomic mass is 32.2. The maximum atomic E-state index is 12.0. The molecule has 2 rings (SSSR count). The number of carbonyl (C=O) groups is 1. The number of carbonyl (C=O) groups excluding carboxylic acids is 1. The van der Waals surface area contributed by atoms with Gasteiger partial charge in [-0.2, -0.15) is 0 Å². The number of benzene rings is 1. The number of nitrogens with zero attached hydrogens (tertiary/aromatic N) is 2. The molecular formula is C15H20N4O3S2. The van der Waals surface area contributed by atoms with E-state index in [1.54, 1.807) is 14.2 Å². The van der Waals surface area contributed by atoms with Crippen LogP contribution in [0.3, 0.4) is 0 Å². The molecule has 1 heterocycles. The first-order valence-corrected chi connectivity index (χ1v) is 9.14. The molecule has 1 aromatic heterocycles. The Morgan fingerprint density at radius 2 is 2.04 bits per heavy atom. The van der Waals surface area contributed by atoms with E-state index < -0.39 is 0 Å². The molecule has 0 saturated heterocycles. The maximum absolute atomic E-state index is 12.0. The molecule has 1 aromatic carbocycles. The summed E-state index contributed by atoms with van der Waals surface area (Å²) < 4.78 is 11.2. The van der Waals surface area contributed by atoms with Gasteiger partial charge in [0.05, 0.1) is 20.0 Å². The highest BCUT2D eigenvalue weighted by Gasteiger charge is 2.09. The van der Waals surface area contributed by atoms with Crippen molar-refractivity contribution >= 4 is 34.1 Å². The minimum atomic E-state index is -0.0602. The minimum absolute atomic E-state index is 0.0602. The first kappa shape index (κ1) is 18.3. The average molecular weight is 368 g/mol. The molecule has 0 radical (unpaired) electrons. The summed E-state index contributed by atoms with van der Waals surface area (Å²) in [5.41, 5.74) is 0.941. The van der Waals surface area contributed by atoms with Gasteiger partial charge in [-0.1, -0.05) is 29.2 Å². The molecule has 0 aliphatic carbocycles. The Bertz CT molecular complexity index is 678. The van der Waals surface area contributed by atoms with Gasteiger partial charge in [-0.25, -0.2) is 0 Å².